The van der Waals surface area contributed by atoms with Crippen LogP contribution in [0.1, 0.15) is 32.3 Å². The Morgan fingerprint density at radius 3 is 2.67 bits per heavy atom. The van der Waals surface area contributed by atoms with Gasteiger partial charge in [-0.25, -0.2) is 0 Å². The van der Waals surface area contributed by atoms with Crippen molar-refractivity contribution in [3.05, 3.63) is 28.8 Å². The molecule has 1 aromatic rings. The predicted molar refractivity (Wildman–Crippen MR) is 90.2 cm³/mol. The molecule has 118 valence electrons. The summed E-state index contributed by atoms with van der Waals surface area (Å²) < 4.78 is 5.42. The number of hydrogen-bond donors (Lipinski definition) is 1. The van der Waals surface area contributed by atoms with Crippen LogP contribution in [-0.4, -0.2) is 32.8 Å². The molecule has 0 atom stereocenters. The van der Waals surface area contributed by atoms with Crippen LogP contribution in [0.2, 0.25) is 5.02 Å². The molecule has 0 amide bonds. The van der Waals surface area contributed by atoms with Crippen LogP contribution in [0.3, 0.4) is 0 Å². The van der Waals surface area contributed by atoms with Crippen LogP contribution in [0.15, 0.2) is 18.2 Å². The minimum atomic E-state index is 0.469. The molecule has 1 aliphatic heterocycles. The van der Waals surface area contributed by atoms with Gasteiger partial charge >= 0.3 is 0 Å². The average Bonchev–Trinajstić information content (AvgIpc) is 2.46. The summed E-state index contributed by atoms with van der Waals surface area (Å²) in [5.74, 6) is 0.727. The Morgan fingerprint density at radius 1 is 1.33 bits per heavy atom. The molecule has 3 nitrogen and oxygen atoms in total. The number of benzene rings is 1. The molecule has 1 saturated heterocycles. The molecule has 1 aromatic carbocycles. The minimum absolute atomic E-state index is 0.469. The Balaban J connectivity index is 1.94. The zero-order valence-corrected chi connectivity index (χ0v) is 14.1. The first-order chi connectivity index (χ1) is 10.1. The highest BCUT2D eigenvalue weighted by molar-refractivity contribution is 6.31. The molecule has 0 unspecified atom stereocenters. The third-order valence-electron chi connectivity index (χ3n) is 4.05. The highest BCUT2D eigenvalue weighted by Gasteiger charge is 2.16. The van der Waals surface area contributed by atoms with Crippen molar-refractivity contribution >= 4 is 17.3 Å². The van der Waals surface area contributed by atoms with E-state index in [1.807, 2.05) is 0 Å². The Morgan fingerprint density at radius 2 is 2.05 bits per heavy atom. The van der Waals surface area contributed by atoms with Gasteiger partial charge in [0.1, 0.15) is 0 Å². The monoisotopic (exact) mass is 310 g/mol. The van der Waals surface area contributed by atoms with Crippen LogP contribution in [0.4, 0.5) is 5.69 Å². The number of halogens is 1. The lowest BCUT2D eigenvalue weighted by atomic mass is 9.99. The van der Waals surface area contributed by atoms with E-state index in [1.165, 1.54) is 5.69 Å². The SMILES string of the molecule is CC(C)NCc1ccc(N(C)CC2CCOCC2)cc1Cl. The molecule has 1 heterocycles. The Bertz CT molecular complexity index is 444. The quantitative estimate of drug-likeness (QED) is 0.867. The molecule has 4 heteroatoms. The van der Waals surface area contributed by atoms with E-state index in [0.29, 0.717) is 6.04 Å². The molecule has 0 aromatic heterocycles. The third kappa shape index (κ3) is 5.17. The van der Waals surface area contributed by atoms with Gasteiger partial charge in [-0.3, -0.25) is 0 Å². The van der Waals surface area contributed by atoms with Crippen molar-refractivity contribution in [2.45, 2.75) is 39.3 Å². The van der Waals surface area contributed by atoms with Crippen LogP contribution in [0, 0.1) is 5.92 Å². The maximum absolute atomic E-state index is 6.41. The van der Waals surface area contributed by atoms with Crippen molar-refractivity contribution in [2.75, 3.05) is 31.7 Å². The van der Waals surface area contributed by atoms with E-state index < -0.39 is 0 Å². The van der Waals surface area contributed by atoms with Crippen LogP contribution >= 0.6 is 11.6 Å². The highest BCUT2D eigenvalue weighted by atomic mass is 35.5. The van der Waals surface area contributed by atoms with Gasteiger partial charge in [0.05, 0.1) is 0 Å². The van der Waals surface area contributed by atoms with E-state index in [1.54, 1.807) is 0 Å². The van der Waals surface area contributed by atoms with Gasteiger partial charge in [0.15, 0.2) is 0 Å². The molecule has 1 N–H and O–H groups in total. The Kier molecular flexibility index (Phi) is 6.34. The smallest absolute Gasteiger partial charge is 0.0471 e. The van der Waals surface area contributed by atoms with Crippen LogP contribution in [-0.2, 0) is 11.3 Å². The summed E-state index contributed by atoms with van der Waals surface area (Å²) in [4.78, 5) is 2.31. The van der Waals surface area contributed by atoms with Crippen molar-refractivity contribution < 1.29 is 4.74 Å². The van der Waals surface area contributed by atoms with Gasteiger partial charge in [-0.05, 0) is 36.5 Å². The highest BCUT2D eigenvalue weighted by Crippen LogP contribution is 2.25. The molecule has 1 aliphatic rings. The van der Waals surface area contributed by atoms with Crippen molar-refractivity contribution in [3.8, 4) is 0 Å². The summed E-state index contributed by atoms with van der Waals surface area (Å²) in [5.41, 5.74) is 2.35. The molecule has 1 fully saturated rings. The summed E-state index contributed by atoms with van der Waals surface area (Å²) in [7, 11) is 2.15. The first-order valence-corrected chi connectivity index (χ1v) is 8.24. The Labute approximate surface area is 133 Å². The molecule has 0 aliphatic carbocycles. The lowest BCUT2D eigenvalue weighted by Crippen LogP contribution is -2.29. The fraction of sp³-hybridized carbons (Fsp3) is 0.647. The van der Waals surface area contributed by atoms with Gasteiger partial charge in [-0.2, -0.15) is 0 Å². The first-order valence-electron chi connectivity index (χ1n) is 7.87. The predicted octanol–water partition coefficient (Wildman–Crippen LogP) is 3.70. The summed E-state index contributed by atoms with van der Waals surface area (Å²) in [6.45, 7) is 7.98. The number of rotatable bonds is 6. The molecule has 2 rings (SSSR count). The van der Waals surface area contributed by atoms with Gasteiger partial charge in [-0.1, -0.05) is 31.5 Å². The van der Waals surface area contributed by atoms with E-state index >= 15 is 0 Å². The second-order valence-electron chi connectivity index (χ2n) is 6.25. The lowest BCUT2D eigenvalue weighted by molar-refractivity contribution is 0.0685. The summed E-state index contributed by atoms with van der Waals surface area (Å²) in [6, 6.07) is 6.85. The lowest BCUT2D eigenvalue weighted by Gasteiger charge is -2.28. The van der Waals surface area contributed by atoms with Crippen molar-refractivity contribution in [2.24, 2.45) is 5.92 Å². The van der Waals surface area contributed by atoms with Crippen LogP contribution in [0.5, 0.6) is 0 Å². The third-order valence-corrected chi connectivity index (χ3v) is 4.40. The molecule has 21 heavy (non-hydrogen) atoms. The van der Waals surface area contributed by atoms with Gasteiger partial charge in [0.25, 0.3) is 0 Å². The molecule has 0 bridgehead atoms. The average molecular weight is 311 g/mol. The number of anilines is 1. The van der Waals surface area contributed by atoms with Crippen LogP contribution < -0.4 is 10.2 Å². The Hall–Kier alpha value is -0.770. The molecular weight excluding hydrogens is 284 g/mol. The maximum atomic E-state index is 6.41. The summed E-state index contributed by atoms with van der Waals surface area (Å²) in [5, 5.41) is 4.25. The van der Waals surface area contributed by atoms with E-state index in [2.05, 4.69) is 49.3 Å². The normalized spacial score (nSPS) is 16.4. The second-order valence-corrected chi connectivity index (χ2v) is 6.65. The fourth-order valence-electron chi connectivity index (χ4n) is 2.65. The standard InChI is InChI=1S/C17H27ClN2O/c1-13(2)19-11-15-4-5-16(10-17(15)18)20(3)12-14-6-8-21-9-7-14/h4-5,10,13-14,19H,6-9,11-12H2,1-3H3. The van der Waals surface area contributed by atoms with Gasteiger partial charge in [0.2, 0.25) is 0 Å². The topological polar surface area (TPSA) is 24.5 Å². The molecular formula is C17H27ClN2O. The first kappa shape index (κ1) is 16.6. The minimum Gasteiger partial charge on any atom is -0.381 e. The van der Waals surface area contributed by atoms with Gasteiger partial charge in [-0.15, -0.1) is 0 Å². The zero-order valence-electron chi connectivity index (χ0n) is 13.4. The second kappa shape index (κ2) is 8.02. The zero-order chi connectivity index (χ0) is 15.2. The van der Waals surface area contributed by atoms with Crippen molar-refractivity contribution in [3.63, 3.8) is 0 Å². The van der Waals surface area contributed by atoms with Crippen molar-refractivity contribution in [1.29, 1.82) is 0 Å². The van der Waals surface area contributed by atoms with E-state index in [9.17, 15) is 0 Å². The number of ether oxygens (including phenoxy) is 1. The van der Waals surface area contributed by atoms with Gasteiger partial charge in [0, 0.05) is 50.1 Å². The van der Waals surface area contributed by atoms with E-state index in [0.717, 1.165) is 55.6 Å². The number of nitrogens with zero attached hydrogens (tertiary/aromatic N) is 1. The fourth-order valence-corrected chi connectivity index (χ4v) is 2.89. The largest absolute Gasteiger partial charge is 0.381 e. The maximum Gasteiger partial charge on any atom is 0.0471 e. The molecule has 0 radical (unpaired) electrons. The van der Waals surface area contributed by atoms with Crippen molar-refractivity contribution in [1.82, 2.24) is 5.32 Å². The molecule has 0 saturated carbocycles. The van der Waals surface area contributed by atoms with E-state index in [-0.39, 0.29) is 0 Å². The molecule has 0 spiro atoms. The van der Waals surface area contributed by atoms with E-state index in [4.69, 9.17) is 16.3 Å². The van der Waals surface area contributed by atoms with Crippen LogP contribution in [0.25, 0.3) is 0 Å². The number of hydrogen-bond acceptors (Lipinski definition) is 3. The summed E-state index contributed by atoms with van der Waals surface area (Å²) in [6.07, 6.45) is 2.32. The van der Waals surface area contributed by atoms with Gasteiger partial charge < -0.3 is 15.0 Å². The number of nitrogens with one attached hydrogen (secondary N) is 1. The summed E-state index contributed by atoms with van der Waals surface area (Å²) >= 11 is 6.41.